The maximum Gasteiger partial charge on any atom is 0.216 e. The molecule has 0 spiro atoms. The molecule has 0 unspecified atom stereocenters. The van der Waals surface area contributed by atoms with Crippen molar-refractivity contribution in [1.82, 2.24) is 16.1 Å². The van der Waals surface area contributed by atoms with Gasteiger partial charge in [-0.25, -0.2) is 5.84 Å². The Morgan fingerprint density at radius 2 is 2.29 bits per heavy atom. The highest BCUT2D eigenvalue weighted by atomic mass is 16.1. The van der Waals surface area contributed by atoms with Gasteiger partial charge in [0, 0.05) is 19.5 Å². The zero-order valence-electron chi connectivity index (χ0n) is 8.34. The standard InChI is InChI=1S/C8H17N5O/c1-6(14)10-4-5-11-8(13-9)12-7-2-3-7/h7H,2-5,9H2,1H3,(H,10,14)(H2,11,12,13). The Balaban J connectivity index is 2.14. The number of hydrogen-bond acceptors (Lipinski definition) is 3. The number of carbonyl (C=O) groups is 1. The first kappa shape index (κ1) is 10.8. The van der Waals surface area contributed by atoms with Gasteiger partial charge in [0.1, 0.15) is 0 Å². The summed E-state index contributed by atoms with van der Waals surface area (Å²) >= 11 is 0. The van der Waals surface area contributed by atoms with E-state index in [2.05, 4.69) is 21.1 Å². The Bertz CT molecular complexity index is 224. The Hall–Kier alpha value is -1.30. The molecule has 6 heteroatoms. The van der Waals surface area contributed by atoms with Gasteiger partial charge in [-0.2, -0.15) is 0 Å². The first-order chi connectivity index (χ1) is 6.72. The molecule has 5 N–H and O–H groups in total. The molecule has 1 amide bonds. The summed E-state index contributed by atoms with van der Waals surface area (Å²) in [7, 11) is 0. The first-order valence-corrected chi connectivity index (χ1v) is 4.74. The Labute approximate surface area is 83.3 Å². The van der Waals surface area contributed by atoms with Crippen LogP contribution in [0.2, 0.25) is 0 Å². The molecule has 0 atom stereocenters. The fraction of sp³-hybridized carbons (Fsp3) is 0.750. The molecule has 0 aromatic rings. The molecule has 14 heavy (non-hydrogen) atoms. The minimum atomic E-state index is -0.0439. The summed E-state index contributed by atoms with van der Waals surface area (Å²) < 4.78 is 0. The van der Waals surface area contributed by atoms with Crippen LogP contribution in [-0.4, -0.2) is 31.0 Å². The second-order valence-corrected chi connectivity index (χ2v) is 3.28. The molecule has 0 aromatic carbocycles. The number of hydrogen-bond donors (Lipinski definition) is 4. The van der Waals surface area contributed by atoms with Gasteiger partial charge >= 0.3 is 0 Å². The van der Waals surface area contributed by atoms with Crippen LogP contribution in [-0.2, 0) is 4.79 Å². The second-order valence-electron chi connectivity index (χ2n) is 3.28. The van der Waals surface area contributed by atoms with E-state index >= 15 is 0 Å². The number of hydrazine groups is 1. The van der Waals surface area contributed by atoms with Gasteiger partial charge in [0.05, 0.1) is 6.54 Å². The molecule has 0 aliphatic heterocycles. The van der Waals surface area contributed by atoms with Crippen LogP contribution in [0.4, 0.5) is 0 Å². The highest BCUT2D eigenvalue weighted by Gasteiger charge is 2.21. The maximum atomic E-state index is 10.5. The lowest BCUT2D eigenvalue weighted by Gasteiger charge is -2.07. The molecule has 1 saturated carbocycles. The van der Waals surface area contributed by atoms with E-state index in [1.165, 1.54) is 19.8 Å². The molecule has 0 heterocycles. The van der Waals surface area contributed by atoms with E-state index in [0.717, 1.165) is 0 Å². The van der Waals surface area contributed by atoms with E-state index in [-0.39, 0.29) is 5.91 Å². The lowest BCUT2D eigenvalue weighted by atomic mass is 10.6. The minimum absolute atomic E-state index is 0.0439. The number of amides is 1. The maximum absolute atomic E-state index is 10.5. The summed E-state index contributed by atoms with van der Waals surface area (Å²) in [5, 5.41) is 5.78. The van der Waals surface area contributed by atoms with Crippen molar-refractivity contribution in [1.29, 1.82) is 0 Å². The molecular formula is C8H17N5O. The van der Waals surface area contributed by atoms with Crippen molar-refractivity contribution in [3.63, 3.8) is 0 Å². The quantitative estimate of drug-likeness (QED) is 0.149. The Morgan fingerprint density at radius 3 is 2.79 bits per heavy atom. The van der Waals surface area contributed by atoms with Gasteiger partial charge in [0.15, 0.2) is 0 Å². The smallest absolute Gasteiger partial charge is 0.216 e. The van der Waals surface area contributed by atoms with Crippen molar-refractivity contribution in [2.24, 2.45) is 10.8 Å². The van der Waals surface area contributed by atoms with E-state index in [1.807, 2.05) is 0 Å². The third-order valence-corrected chi connectivity index (χ3v) is 1.81. The van der Waals surface area contributed by atoms with Crippen molar-refractivity contribution in [2.75, 3.05) is 13.1 Å². The summed E-state index contributed by atoms with van der Waals surface area (Å²) in [6.45, 7) is 2.54. The highest BCUT2D eigenvalue weighted by Crippen LogP contribution is 2.18. The Morgan fingerprint density at radius 1 is 1.57 bits per heavy atom. The van der Waals surface area contributed by atoms with Crippen molar-refractivity contribution in [3.8, 4) is 0 Å². The van der Waals surface area contributed by atoms with Crippen LogP contribution in [0.25, 0.3) is 0 Å². The van der Waals surface area contributed by atoms with Gasteiger partial charge in [0.2, 0.25) is 11.9 Å². The third-order valence-electron chi connectivity index (χ3n) is 1.81. The summed E-state index contributed by atoms with van der Waals surface area (Å²) in [5.74, 6) is 5.81. The predicted octanol–water partition coefficient (Wildman–Crippen LogP) is -1.31. The van der Waals surface area contributed by atoms with Crippen molar-refractivity contribution < 1.29 is 4.79 Å². The monoisotopic (exact) mass is 199 g/mol. The third kappa shape index (κ3) is 4.66. The van der Waals surface area contributed by atoms with Crippen LogP contribution >= 0.6 is 0 Å². The number of rotatable bonds is 4. The molecule has 0 aromatic heterocycles. The van der Waals surface area contributed by atoms with E-state index < -0.39 is 0 Å². The number of guanidine groups is 1. The van der Waals surface area contributed by atoms with E-state index in [4.69, 9.17) is 5.84 Å². The zero-order chi connectivity index (χ0) is 10.4. The molecule has 1 aliphatic carbocycles. The van der Waals surface area contributed by atoms with Crippen LogP contribution in [0.15, 0.2) is 4.99 Å². The molecule has 0 saturated heterocycles. The van der Waals surface area contributed by atoms with Crippen LogP contribution in [0, 0.1) is 0 Å². The van der Waals surface area contributed by atoms with Gasteiger partial charge in [-0.3, -0.25) is 15.2 Å². The molecule has 1 fully saturated rings. The molecule has 1 aliphatic rings. The number of nitrogens with zero attached hydrogens (tertiary/aromatic N) is 1. The fourth-order valence-corrected chi connectivity index (χ4v) is 0.954. The predicted molar refractivity (Wildman–Crippen MR) is 54.5 cm³/mol. The lowest BCUT2D eigenvalue weighted by molar-refractivity contribution is -0.118. The van der Waals surface area contributed by atoms with Gasteiger partial charge in [-0.1, -0.05) is 0 Å². The highest BCUT2D eigenvalue weighted by molar-refractivity contribution is 5.79. The number of nitrogens with one attached hydrogen (secondary N) is 3. The molecular weight excluding hydrogens is 182 g/mol. The van der Waals surface area contributed by atoms with Gasteiger partial charge in [0.25, 0.3) is 0 Å². The summed E-state index contributed by atoms with van der Waals surface area (Å²) in [6, 6.07) is 0.519. The topological polar surface area (TPSA) is 91.5 Å². The summed E-state index contributed by atoms with van der Waals surface area (Å²) in [6.07, 6.45) is 2.35. The molecule has 0 radical (unpaired) electrons. The van der Waals surface area contributed by atoms with Crippen LogP contribution in [0.3, 0.4) is 0 Å². The van der Waals surface area contributed by atoms with Crippen molar-refractivity contribution in [2.45, 2.75) is 25.8 Å². The second kappa shape index (κ2) is 5.43. The molecule has 80 valence electrons. The molecule has 1 rings (SSSR count). The lowest BCUT2D eigenvalue weighted by Crippen LogP contribution is -2.43. The van der Waals surface area contributed by atoms with E-state index in [0.29, 0.717) is 25.1 Å². The molecule has 0 bridgehead atoms. The van der Waals surface area contributed by atoms with Gasteiger partial charge < -0.3 is 10.6 Å². The number of nitrogens with two attached hydrogens (primary N) is 1. The SMILES string of the molecule is CC(=O)NCCN=C(NN)NC1CC1. The summed E-state index contributed by atoms with van der Waals surface area (Å²) in [4.78, 5) is 14.7. The van der Waals surface area contributed by atoms with E-state index in [1.54, 1.807) is 0 Å². The first-order valence-electron chi connectivity index (χ1n) is 4.74. The fourth-order valence-electron chi connectivity index (χ4n) is 0.954. The average molecular weight is 199 g/mol. The Kier molecular flexibility index (Phi) is 4.18. The van der Waals surface area contributed by atoms with Crippen molar-refractivity contribution >= 4 is 11.9 Å². The number of aliphatic imine (C=N–C) groups is 1. The van der Waals surface area contributed by atoms with Gasteiger partial charge in [-0.05, 0) is 12.8 Å². The number of carbonyl (C=O) groups excluding carboxylic acids is 1. The summed E-state index contributed by atoms with van der Waals surface area (Å²) in [5.41, 5.74) is 2.49. The normalized spacial score (nSPS) is 16.3. The van der Waals surface area contributed by atoms with Gasteiger partial charge in [-0.15, -0.1) is 0 Å². The van der Waals surface area contributed by atoms with Crippen molar-refractivity contribution in [3.05, 3.63) is 0 Å². The van der Waals surface area contributed by atoms with Crippen LogP contribution in [0.1, 0.15) is 19.8 Å². The van der Waals surface area contributed by atoms with E-state index in [9.17, 15) is 4.79 Å². The molecule has 6 nitrogen and oxygen atoms in total. The zero-order valence-corrected chi connectivity index (χ0v) is 8.34. The minimum Gasteiger partial charge on any atom is -0.354 e. The van der Waals surface area contributed by atoms with Crippen LogP contribution in [0.5, 0.6) is 0 Å². The van der Waals surface area contributed by atoms with Crippen LogP contribution < -0.4 is 21.9 Å². The average Bonchev–Trinajstić information content (AvgIpc) is 2.93. The largest absolute Gasteiger partial charge is 0.354 e.